The number of ether oxygens (including phenoxy) is 2. The Balaban J connectivity index is 2.25. The minimum absolute atomic E-state index is 0.0821. The van der Waals surface area contributed by atoms with E-state index in [4.69, 9.17) is 9.47 Å². The van der Waals surface area contributed by atoms with Crippen molar-refractivity contribution in [2.45, 2.75) is 70.3 Å². The van der Waals surface area contributed by atoms with Gasteiger partial charge in [-0.1, -0.05) is 20.3 Å². The predicted molar refractivity (Wildman–Crippen MR) is 68.6 cm³/mol. The number of Topliss-reactive ketones (excluding diaryl/α,β-unsaturated/α-hetero) is 1. The number of carbonyl (C=O) groups excluding carboxylic acids is 1. The van der Waals surface area contributed by atoms with E-state index in [0.29, 0.717) is 5.92 Å². The van der Waals surface area contributed by atoms with Gasteiger partial charge in [-0.15, -0.1) is 0 Å². The first-order valence-electron chi connectivity index (χ1n) is 6.79. The maximum absolute atomic E-state index is 11.9. The summed E-state index contributed by atoms with van der Waals surface area (Å²) in [5.41, 5.74) is -0.758. The van der Waals surface area contributed by atoms with Crippen LogP contribution < -0.4 is 0 Å². The Hall–Kier alpha value is -0.345. The second kappa shape index (κ2) is 4.40. The topological polar surface area (TPSA) is 35.5 Å². The van der Waals surface area contributed by atoms with Gasteiger partial charge in [0, 0.05) is 12.8 Å². The molecule has 1 spiro atoms. The van der Waals surface area contributed by atoms with Crippen molar-refractivity contribution in [2.24, 2.45) is 5.92 Å². The molecule has 2 atom stereocenters. The molecule has 17 heavy (non-hydrogen) atoms. The summed E-state index contributed by atoms with van der Waals surface area (Å²) in [4.78, 5) is 11.9. The summed E-state index contributed by atoms with van der Waals surface area (Å²) in [6, 6.07) is 0. The second-order valence-corrected chi connectivity index (χ2v) is 6.02. The first kappa shape index (κ1) is 13.1. The van der Waals surface area contributed by atoms with Crippen molar-refractivity contribution in [3.63, 3.8) is 0 Å². The molecule has 0 bridgehead atoms. The van der Waals surface area contributed by atoms with Crippen molar-refractivity contribution in [3.8, 4) is 0 Å². The molecule has 4 heteroatoms. The summed E-state index contributed by atoms with van der Waals surface area (Å²) in [5, 5.41) is 0. The first-order valence-corrected chi connectivity index (χ1v) is 6.79. The van der Waals surface area contributed by atoms with Crippen LogP contribution >= 0.6 is 0 Å². The fourth-order valence-corrected chi connectivity index (χ4v) is 3.17. The molecule has 1 saturated heterocycles. The van der Waals surface area contributed by atoms with Crippen LogP contribution in [0, 0.1) is 5.92 Å². The molecule has 2 fully saturated rings. The Kier molecular flexibility index (Phi) is 3.39. The smallest absolute Gasteiger partial charge is 0.169 e. The van der Waals surface area contributed by atoms with E-state index >= 15 is 0 Å². The Morgan fingerprint density at radius 3 is 2.29 bits per heavy atom. The highest BCUT2D eigenvalue weighted by Crippen LogP contribution is 2.46. The number of carbonyl (C=O) groups is 1. The van der Waals surface area contributed by atoms with E-state index in [9.17, 15) is 4.79 Å². The van der Waals surface area contributed by atoms with Crippen molar-refractivity contribution in [1.82, 2.24) is 0 Å². The Morgan fingerprint density at radius 2 is 1.88 bits per heavy atom. The average molecular weight is 238 g/mol. The quantitative estimate of drug-likeness (QED) is 0.686. The third kappa shape index (κ3) is 2.17. The number of rotatable bonds is 2. The van der Waals surface area contributed by atoms with Gasteiger partial charge in [0.25, 0.3) is 0 Å². The SMILES string of the molecule is B[C@]1(C(C)=O)OC2(CCCCC2)OC1C(C)C. The maximum Gasteiger partial charge on any atom is 0.169 e. The molecule has 0 aromatic heterocycles. The molecule has 0 amide bonds. The van der Waals surface area contributed by atoms with Crippen LogP contribution in [0.1, 0.15) is 52.9 Å². The summed E-state index contributed by atoms with van der Waals surface area (Å²) < 4.78 is 12.3. The van der Waals surface area contributed by atoms with E-state index in [1.165, 1.54) is 6.42 Å². The highest BCUT2D eigenvalue weighted by atomic mass is 16.8. The normalized spacial score (nSPS) is 36.6. The molecule has 0 radical (unpaired) electrons. The van der Waals surface area contributed by atoms with Gasteiger partial charge in [0.1, 0.15) is 5.50 Å². The van der Waals surface area contributed by atoms with Crippen LogP contribution in [-0.4, -0.2) is 31.0 Å². The van der Waals surface area contributed by atoms with Gasteiger partial charge in [-0.05, 0) is 25.7 Å². The zero-order chi connectivity index (χ0) is 12.7. The second-order valence-electron chi connectivity index (χ2n) is 6.02. The van der Waals surface area contributed by atoms with Gasteiger partial charge in [-0.25, -0.2) is 0 Å². The molecule has 96 valence electrons. The van der Waals surface area contributed by atoms with E-state index < -0.39 is 11.3 Å². The van der Waals surface area contributed by atoms with E-state index in [1.807, 2.05) is 7.85 Å². The highest BCUT2D eigenvalue weighted by molar-refractivity contribution is 6.28. The van der Waals surface area contributed by atoms with Crippen molar-refractivity contribution < 1.29 is 14.3 Å². The molecule has 0 N–H and O–H groups in total. The van der Waals surface area contributed by atoms with Crippen LogP contribution in [0.3, 0.4) is 0 Å². The van der Waals surface area contributed by atoms with Gasteiger partial charge in [0.2, 0.25) is 0 Å². The zero-order valence-electron chi connectivity index (χ0n) is 11.4. The minimum atomic E-state index is -0.758. The van der Waals surface area contributed by atoms with Gasteiger partial charge in [-0.2, -0.15) is 0 Å². The van der Waals surface area contributed by atoms with Gasteiger partial charge < -0.3 is 9.47 Å². The third-order valence-corrected chi connectivity index (χ3v) is 4.20. The molecule has 1 unspecified atom stereocenters. The molecular formula is C13H23BO3. The number of hydrogen-bond donors (Lipinski definition) is 0. The molecule has 0 aromatic rings. The van der Waals surface area contributed by atoms with Crippen LogP contribution in [-0.2, 0) is 14.3 Å². The molecular weight excluding hydrogens is 215 g/mol. The van der Waals surface area contributed by atoms with Crippen LogP contribution in [0.25, 0.3) is 0 Å². The third-order valence-electron chi connectivity index (χ3n) is 4.20. The maximum atomic E-state index is 11.9. The Morgan fingerprint density at radius 1 is 1.29 bits per heavy atom. The van der Waals surface area contributed by atoms with Crippen molar-refractivity contribution in [1.29, 1.82) is 0 Å². The van der Waals surface area contributed by atoms with Crippen LogP contribution in [0.4, 0.5) is 0 Å². The number of ketones is 1. The summed E-state index contributed by atoms with van der Waals surface area (Å²) in [7, 11) is 1.89. The lowest BCUT2D eigenvalue weighted by molar-refractivity contribution is -0.200. The Bertz CT molecular complexity index is 310. The van der Waals surface area contributed by atoms with Crippen molar-refractivity contribution in [3.05, 3.63) is 0 Å². The summed E-state index contributed by atoms with van der Waals surface area (Å²) in [6.45, 7) is 5.80. The zero-order valence-corrected chi connectivity index (χ0v) is 11.4. The van der Waals surface area contributed by atoms with E-state index in [2.05, 4.69) is 13.8 Å². The molecule has 1 heterocycles. The van der Waals surface area contributed by atoms with E-state index in [0.717, 1.165) is 25.7 Å². The molecule has 1 aliphatic carbocycles. The fourth-order valence-electron chi connectivity index (χ4n) is 3.17. The number of hydrogen-bond acceptors (Lipinski definition) is 3. The van der Waals surface area contributed by atoms with Crippen molar-refractivity contribution in [2.75, 3.05) is 0 Å². The standard InChI is InChI=1S/C13H23BO3/c1-9(2)11-13(14,10(3)15)17-12(16-11)7-5-4-6-8-12/h9,11H,4-8,14H2,1-3H3/t11?,13-/m1/s1. The predicted octanol–water partition coefficient (Wildman–Crippen LogP) is 1.64. The average Bonchev–Trinajstić information content (AvgIpc) is 2.54. The minimum Gasteiger partial charge on any atom is -0.344 e. The van der Waals surface area contributed by atoms with Crippen LogP contribution in [0.15, 0.2) is 0 Å². The fraction of sp³-hybridized carbons (Fsp3) is 0.923. The lowest BCUT2D eigenvalue weighted by Gasteiger charge is -2.33. The summed E-state index contributed by atoms with van der Waals surface area (Å²) in [6.07, 6.45) is 5.27. The van der Waals surface area contributed by atoms with Gasteiger partial charge in [0.15, 0.2) is 19.4 Å². The molecule has 0 aromatic carbocycles. The van der Waals surface area contributed by atoms with Gasteiger partial charge >= 0.3 is 0 Å². The molecule has 1 aliphatic heterocycles. The summed E-state index contributed by atoms with van der Waals surface area (Å²) in [5.74, 6) is -0.100. The lowest BCUT2D eigenvalue weighted by atomic mass is 9.70. The molecule has 2 aliphatic rings. The van der Waals surface area contributed by atoms with E-state index in [-0.39, 0.29) is 11.9 Å². The Labute approximate surface area is 105 Å². The first-order chi connectivity index (χ1) is 7.90. The van der Waals surface area contributed by atoms with E-state index in [1.54, 1.807) is 6.92 Å². The van der Waals surface area contributed by atoms with Crippen LogP contribution in [0.2, 0.25) is 0 Å². The summed E-state index contributed by atoms with van der Waals surface area (Å²) >= 11 is 0. The largest absolute Gasteiger partial charge is 0.344 e. The van der Waals surface area contributed by atoms with Crippen molar-refractivity contribution >= 4 is 13.6 Å². The monoisotopic (exact) mass is 238 g/mol. The lowest BCUT2D eigenvalue weighted by Crippen LogP contribution is -2.49. The highest BCUT2D eigenvalue weighted by Gasteiger charge is 2.57. The molecule has 2 rings (SSSR count). The van der Waals surface area contributed by atoms with Gasteiger partial charge in [-0.3, -0.25) is 4.79 Å². The van der Waals surface area contributed by atoms with Gasteiger partial charge in [0.05, 0.1) is 6.10 Å². The molecule has 3 nitrogen and oxygen atoms in total. The molecule has 1 saturated carbocycles. The van der Waals surface area contributed by atoms with Crippen LogP contribution in [0.5, 0.6) is 0 Å².